The van der Waals surface area contributed by atoms with Gasteiger partial charge in [0.25, 0.3) is 0 Å². The van der Waals surface area contributed by atoms with Gasteiger partial charge in [-0.05, 0) is 18.8 Å². The topological polar surface area (TPSA) is 20.2 Å². The van der Waals surface area contributed by atoms with Crippen molar-refractivity contribution in [1.82, 2.24) is 0 Å². The van der Waals surface area contributed by atoms with E-state index in [1.807, 2.05) is 0 Å². The molecule has 50 valence electrons. The van der Waals surface area contributed by atoms with Gasteiger partial charge < -0.3 is 5.11 Å². The molecule has 2 rings (SSSR count). The average molecular weight is 124 g/mol. The molecule has 0 heterocycles. The number of fused-ring (bicyclic) bond motifs is 2. The van der Waals surface area contributed by atoms with Gasteiger partial charge in [0.2, 0.25) is 0 Å². The van der Waals surface area contributed by atoms with Crippen molar-refractivity contribution in [2.24, 2.45) is 11.3 Å². The van der Waals surface area contributed by atoms with Crippen molar-refractivity contribution in [1.29, 1.82) is 0 Å². The molecule has 1 N–H and O–H groups in total. The number of allylic oxidation sites excluding steroid dienone is 1. The smallest absolute Gasteiger partial charge is 0.0634 e. The minimum absolute atomic E-state index is 0.0625. The Morgan fingerprint density at radius 3 is 2.67 bits per heavy atom. The summed E-state index contributed by atoms with van der Waals surface area (Å²) in [5.41, 5.74) is 0.144. The van der Waals surface area contributed by atoms with Gasteiger partial charge in [-0.25, -0.2) is 0 Å². The van der Waals surface area contributed by atoms with Crippen LogP contribution in [0.15, 0.2) is 12.2 Å². The first-order valence-electron chi connectivity index (χ1n) is 3.58. The molecule has 0 unspecified atom stereocenters. The first-order valence-corrected chi connectivity index (χ1v) is 3.58. The van der Waals surface area contributed by atoms with Crippen LogP contribution in [-0.2, 0) is 0 Å². The molecule has 2 bridgehead atoms. The highest BCUT2D eigenvalue weighted by atomic mass is 16.3. The van der Waals surface area contributed by atoms with Crippen LogP contribution in [0, 0.1) is 11.3 Å². The predicted molar refractivity (Wildman–Crippen MR) is 36.0 cm³/mol. The Morgan fingerprint density at radius 2 is 2.44 bits per heavy atom. The molecule has 3 atom stereocenters. The highest BCUT2D eigenvalue weighted by Gasteiger charge is 2.44. The zero-order valence-electron chi connectivity index (χ0n) is 5.67. The van der Waals surface area contributed by atoms with Crippen molar-refractivity contribution in [3.8, 4) is 0 Å². The summed E-state index contributed by atoms with van der Waals surface area (Å²) >= 11 is 0. The number of hydrogen-bond donors (Lipinski definition) is 1. The summed E-state index contributed by atoms with van der Waals surface area (Å²) in [7, 11) is 0. The molecule has 2 aliphatic carbocycles. The second-order valence-corrected chi connectivity index (χ2v) is 3.58. The van der Waals surface area contributed by atoms with E-state index >= 15 is 0 Å². The molecule has 0 aromatic rings. The molecular formula is C8H12O. The van der Waals surface area contributed by atoms with E-state index in [2.05, 4.69) is 19.1 Å². The van der Waals surface area contributed by atoms with Gasteiger partial charge in [-0.2, -0.15) is 0 Å². The molecule has 0 amide bonds. The van der Waals surface area contributed by atoms with Crippen molar-refractivity contribution in [3.63, 3.8) is 0 Å². The second-order valence-electron chi connectivity index (χ2n) is 3.58. The fraction of sp³-hybridized carbons (Fsp3) is 0.750. The normalized spacial score (nSPS) is 54.9. The summed E-state index contributed by atoms with van der Waals surface area (Å²) in [4.78, 5) is 0. The summed E-state index contributed by atoms with van der Waals surface area (Å²) in [6.07, 6.45) is 6.52. The molecule has 0 aromatic carbocycles. The van der Waals surface area contributed by atoms with E-state index in [1.165, 1.54) is 6.42 Å². The zero-order valence-corrected chi connectivity index (χ0v) is 5.67. The number of hydrogen-bond acceptors (Lipinski definition) is 1. The second kappa shape index (κ2) is 1.40. The van der Waals surface area contributed by atoms with Gasteiger partial charge in [0.05, 0.1) is 6.10 Å². The molecule has 0 radical (unpaired) electrons. The molecule has 0 aliphatic heterocycles. The monoisotopic (exact) mass is 124 g/mol. The predicted octanol–water partition coefficient (Wildman–Crippen LogP) is 1.33. The van der Waals surface area contributed by atoms with Gasteiger partial charge in [-0.1, -0.05) is 19.1 Å². The van der Waals surface area contributed by atoms with Crippen molar-refractivity contribution < 1.29 is 5.11 Å². The largest absolute Gasteiger partial charge is 0.392 e. The Kier molecular flexibility index (Phi) is 0.854. The fourth-order valence-electron chi connectivity index (χ4n) is 2.02. The van der Waals surface area contributed by atoms with E-state index in [0.717, 1.165) is 6.42 Å². The van der Waals surface area contributed by atoms with Gasteiger partial charge in [0.1, 0.15) is 0 Å². The Morgan fingerprint density at radius 1 is 1.67 bits per heavy atom. The lowest BCUT2D eigenvalue weighted by atomic mass is 9.88. The Labute approximate surface area is 55.4 Å². The summed E-state index contributed by atoms with van der Waals surface area (Å²) in [5, 5.41) is 9.43. The van der Waals surface area contributed by atoms with Gasteiger partial charge in [-0.3, -0.25) is 0 Å². The van der Waals surface area contributed by atoms with Crippen molar-refractivity contribution in [2.75, 3.05) is 0 Å². The maximum atomic E-state index is 9.43. The fourth-order valence-corrected chi connectivity index (χ4v) is 2.02. The third-order valence-electron chi connectivity index (χ3n) is 2.74. The van der Waals surface area contributed by atoms with Crippen molar-refractivity contribution in [2.45, 2.75) is 25.9 Å². The molecular weight excluding hydrogens is 112 g/mol. The van der Waals surface area contributed by atoms with Crippen LogP contribution >= 0.6 is 0 Å². The Hall–Kier alpha value is -0.300. The van der Waals surface area contributed by atoms with E-state index in [0.29, 0.717) is 5.92 Å². The van der Waals surface area contributed by atoms with Crippen LogP contribution in [0.5, 0.6) is 0 Å². The minimum atomic E-state index is -0.0625. The molecule has 1 nitrogen and oxygen atoms in total. The summed E-state index contributed by atoms with van der Waals surface area (Å²) < 4.78 is 0. The quantitative estimate of drug-likeness (QED) is 0.483. The number of aliphatic hydroxyl groups is 1. The standard InChI is InChI=1S/C8H12O/c1-8-3-2-6(5-8)4-7(8)9/h2-3,6-7,9H,4-5H2,1H3/t6-,7-,8+/m1/s1. The SMILES string of the molecule is C[C@@]12C=C[C@H](C[C@H]1O)C2. The van der Waals surface area contributed by atoms with Gasteiger partial charge in [0, 0.05) is 5.41 Å². The van der Waals surface area contributed by atoms with Crippen LogP contribution in [-0.4, -0.2) is 11.2 Å². The maximum Gasteiger partial charge on any atom is 0.0634 e. The summed E-state index contributed by atoms with van der Waals surface area (Å²) in [6, 6.07) is 0. The van der Waals surface area contributed by atoms with Crippen molar-refractivity contribution >= 4 is 0 Å². The lowest BCUT2D eigenvalue weighted by Crippen LogP contribution is -2.23. The van der Waals surface area contributed by atoms with Crippen LogP contribution < -0.4 is 0 Å². The molecule has 0 saturated heterocycles. The third kappa shape index (κ3) is 0.584. The first-order chi connectivity index (χ1) is 4.21. The van der Waals surface area contributed by atoms with Crippen LogP contribution in [0.3, 0.4) is 0 Å². The molecule has 0 spiro atoms. The van der Waals surface area contributed by atoms with Crippen LogP contribution in [0.25, 0.3) is 0 Å². The van der Waals surface area contributed by atoms with Crippen LogP contribution in [0.2, 0.25) is 0 Å². The highest BCUT2D eigenvalue weighted by molar-refractivity contribution is 5.17. The maximum absolute atomic E-state index is 9.43. The molecule has 1 fully saturated rings. The minimum Gasteiger partial charge on any atom is -0.392 e. The van der Waals surface area contributed by atoms with Crippen LogP contribution in [0.1, 0.15) is 19.8 Å². The summed E-state index contributed by atoms with van der Waals surface area (Å²) in [6.45, 7) is 2.14. The van der Waals surface area contributed by atoms with E-state index in [4.69, 9.17) is 0 Å². The molecule has 0 aromatic heterocycles. The number of aliphatic hydroxyl groups excluding tert-OH is 1. The third-order valence-corrected chi connectivity index (χ3v) is 2.74. The number of rotatable bonds is 0. The van der Waals surface area contributed by atoms with E-state index in [-0.39, 0.29) is 11.5 Å². The van der Waals surface area contributed by atoms with E-state index in [1.54, 1.807) is 0 Å². The van der Waals surface area contributed by atoms with E-state index in [9.17, 15) is 5.11 Å². The highest BCUT2D eigenvalue weighted by Crippen LogP contribution is 2.48. The summed E-state index contributed by atoms with van der Waals surface area (Å²) in [5.74, 6) is 0.685. The van der Waals surface area contributed by atoms with Gasteiger partial charge >= 0.3 is 0 Å². The molecule has 2 aliphatic rings. The lowest BCUT2D eigenvalue weighted by Gasteiger charge is -2.22. The molecule has 1 heteroatoms. The zero-order chi connectivity index (χ0) is 6.48. The van der Waals surface area contributed by atoms with Gasteiger partial charge in [-0.15, -0.1) is 0 Å². The van der Waals surface area contributed by atoms with Crippen LogP contribution in [0.4, 0.5) is 0 Å². The van der Waals surface area contributed by atoms with E-state index < -0.39 is 0 Å². The van der Waals surface area contributed by atoms with Crippen molar-refractivity contribution in [3.05, 3.63) is 12.2 Å². The first kappa shape index (κ1) is 5.48. The molecule has 9 heavy (non-hydrogen) atoms. The Bertz CT molecular complexity index is 162. The molecule has 1 saturated carbocycles. The van der Waals surface area contributed by atoms with Gasteiger partial charge in [0.15, 0.2) is 0 Å². The lowest BCUT2D eigenvalue weighted by molar-refractivity contribution is 0.0965. The Balaban J connectivity index is 2.33. The average Bonchev–Trinajstić information content (AvgIpc) is 2.22.